The van der Waals surface area contributed by atoms with Gasteiger partial charge in [-0.05, 0) is 25.1 Å². The second kappa shape index (κ2) is 7.02. The molecule has 0 bridgehead atoms. The Kier molecular flexibility index (Phi) is 4.09. The van der Waals surface area contributed by atoms with Gasteiger partial charge in [-0.3, -0.25) is 9.78 Å². The molecule has 0 saturated carbocycles. The van der Waals surface area contributed by atoms with Crippen LogP contribution in [0.4, 0.5) is 17.7 Å². The van der Waals surface area contributed by atoms with Crippen LogP contribution in [0.15, 0.2) is 41.1 Å². The molecule has 1 aliphatic rings. The van der Waals surface area contributed by atoms with E-state index in [-0.39, 0.29) is 17.4 Å². The fourth-order valence-electron chi connectivity index (χ4n) is 4.37. The van der Waals surface area contributed by atoms with Crippen molar-refractivity contribution in [1.82, 2.24) is 24.6 Å². The first kappa shape index (κ1) is 19.2. The van der Waals surface area contributed by atoms with E-state index in [4.69, 9.17) is 20.9 Å². The summed E-state index contributed by atoms with van der Waals surface area (Å²) in [6.07, 6.45) is 4.81. The minimum Gasteiger partial charge on any atom is -0.428 e. The SMILES string of the molecule is Cc1ccc2ncc(-c3cnn4c(N)c(C=O)c(N5CCc6oc(N)nc6C5)nc34)cc2c1. The van der Waals surface area contributed by atoms with Crippen molar-refractivity contribution >= 4 is 40.5 Å². The highest BCUT2D eigenvalue weighted by atomic mass is 16.4. The quantitative estimate of drug-likeness (QED) is 0.405. The van der Waals surface area contributed by atoms with Gasteiger partial charge in [0.1, 0.15) is 23.1 Å². The van der Waals surface area contributed by atoms with Crippen molar-refractivity contribution in [2.45, 2.75) is 19.9 Å². The van der Waals surface area contributed by atoms with Crippen molar-refractivity contribution in [1.29, 1.82) is 0 Å². The molecule has 164 valence electrons. The van der Waals surface area contributed by atoms with Crippen LogP contribution >= 0.6 is 0 Å². The zero-order valence-corrected chi connectivity index (χ0v) is 17.8. The fraction of sp³-hybridized carbons (Fsp3) is 0.174. The summed E-state index contributed by atoms with van der Waals surface area (Å²) >= 11 is 0. The number of hydrogen-bond acceptors (Lipinski definition) is 9. The Labute approximate surface area is 187 Å². The predicted octanol–water partition coefficient (Wildman–Crippen LogP) is 2.78. The third-order valence-electron chi connectivity index (χ3n) is 6.01. The van der Waals surface area contributed by atoms with Gasteiger partial charge in [0.2, 0.25) is 0 Å². The molecular weight excluding hydrogens is 420 g/mol. The average molecular weight is 440 g/mol. The van der Waals surface area contributed by atoms with Gasteiger partial charge in [-0.15, -0.1) is 0 Å². The van der Waals surface area contributed by atoms with E-state index in [1.54, 1.807) is 12.4 Å². The molecular formula is C23H20N8O2. The van der Waals surface area contributed by atoms with E-state index in [1.807, 2.05) is 24.0 Å². The Morgan fingerprint density at radius 1 is 1.15 bits per heavy atom. The largest absolute Gasteiger partial charge is 0.428 e. The van der Waals surface area contributed by atoms with Gasteiger partial charge in [-0.2, -0.15) is 14.6 Å². The third kappa shape index (κ3) is 2.99. The standard InChI is InChI=1S/C23H20N8O2/c1-12-2-3-17-13(6-12)7-14(8-26-17)15-9-27-31-20(24)16(11-32)21(29-22(15)31)30-5-4-19-18(10-30)28-23(25)33-19/h2-3,6-9,11H,4-5,10,24H2,1H3,(H2,25,28). The number of aldehydes is 1. The van der Waals surface area contributed by atoms with Crippen molar-refractivity contribution in [3.63, 3.8) is 0 Å². The van der Waals surface area contributed by atoms with Crippen molar-refractivity contribution in [3.8, 4) is 11.1 Å². The molecule has 0 unspecified atom stereocenters. The fourth-order valence-corrected chi connectivity index (χ4v) is 4.37. The van der Waals surface area contributed by atoms with Crippen LogP contribution < -0.4 is 16.4 Å². The minimum atomic E-state index is 0.137. The number of carbonyl (C=O) groups excluding carboxylic acids is 1. The van der Waals surface area contributed by atoms with E-state index < -0.39 is 0 Å². The summed E-state index contributed by atoms with van der Waals surface area (Å²) in [5.41, 5.74) is 17.4. The Hall–Kier alpha value is -4.47. The predicted molar refractivity (Wildman–Crippen MR) is 124 cm³/mol. The highest BCUT2D eigenvalue weighted by Gasteiger charge is 2.27. The second-order valence-electron chi connectivity index (χ2n) is 8.16. The van der Waals surface area contributed by atoms with E-state index in [0.717, 1.165) is 39.0 Å². The number of pyridine rings is 1. The molecule has 4 N–H and O–H groups in total. The van der Waals surface area contributed by atoms with E-state index in [1.165, 1.54) is 4.52 Å². The molecule has 4 aromatic heterocycles. The van der Waals surface area contributed by atoms with Crippen LogP contribution in [0, 0.1) is 6.92 Å². The number of carbonyl (C=O) groups is 1. The average Bonchev–Trinajstić information content (AvgIpc) is 3.40. The van der Waals surface area contributed by atoms with E-state index >= 15 is 0 Å². The zero-order valence-electron chi connectivity index (χ0n) is 17.8. The highest BCUT2D eigenvalue weighted by molar-refractivity contribution is 5.93. The number of hydrogen-bond donors (Lipinski definition) is 2. The maximum Gasteiger partial charge on any atom is 0.292 e. The third-order valence-corrected chi connectivity index (χ3v) is 6.01. The van der Waals surface area contributed by atoms with Crippen molar-refractivity contribution in [3.05, 3.63) is 59.2 Å². The molecule has 1 aromatic carbocycles. The van der Waals surface area contributed by atoms with Crippen molar-refractivity contribution in [2.75, 3.05) is 22.9 Å². The molecule has 0 spiro atoms. The Morgan fingerprint density at radius 2 is 2.03 bits per heavy atom. The topological polar surface area (TPSA) is 141 Å². The van der Waals surface area contributed by atoms with Crippen LogP contribution in [-0.2, 0) is 13.0 Å². The first-order valence-corrected chi connectivity index (χ1v) is 10.5. The molecule has 0 fully saturated rings. The number of anilines is 3. The van der Waals surface area contributed by atoms with Crippen molar-refractivity contribution < 1.29 is 9.21 Å². The lowest BCUT2D eigenvalue weighted by atomic mass is 10.1. The van der Waals surface area contributed by atoms with Gasteiger partial charge in [0.25, 0.3) is 6.01 Å². The number of aromatic nitrogens is 5. The van der Waals surface area contributed by atoms with Gasteiger partial charge in [-0.1, -0.05) is 11.6 Å². The Morgan fingerprint density at radius 3 is 2.88 bits per heavy atom. The molecule has 33 heavy (non-hydrogen) atoms. The number of aryl methyl sites for hydroxylation is 1. The maximum absolute atomic E-state index is 12.0. The number of nitrogen functional groups attached to an aromatic ring is 2. The normalized spacial score (nSPS) is 13.5. The molecule has 10 nitrogen and oxygen atoms in total. The van der Waals surface area contributed by atoms with E-state index in [0.29, 0.717) is 37.3 Å². The molecule has 0 saturated heterocycles. The van der Waals surface area contributed by atoms with Crippen molar-refractivity contribution in [2.24, 2.45) is 0 Å². The Bertz CT molecular complexity index is 1570. The van der Waals surface area contributed by atoms with Gasteiger partial charge in [0.15, 0.2) is 11.9 Å². The summed E-state index contributed by atoms with van der Waals surface area (Å²) in [5.74, 6) is 1.47. The second-order valence-corrected chi connectivity index (χ2v) is 8.16. The molecule has 0 amide bonds. The highest BCUT2D eigenvalue weighted by Crippen LogP contribution is 2.33. The molecule has 0 radical (unpaired) electrons. The number of fused-ring (bicyclic) bond motifs is 3. The molecule has 1 aliphatic heterocycles. The van der Waals surface area contributed by atoms with Crippen LogP contribution in [-0.4, -0.2) is 37.4 Å². The number of oxazole rings is 1. The lowest BCUT2D eigenvalue weighted by molar-refractivity contribution is 0.112. The first-order chi connectivity index (χ1) is 16.0. The summed E-state index contributed by atoms with van der Waals surface area (Å²) in [6, 6.07) is 8.31. The number of nitrogens with two attached hydrogens (primary N) is 2. The molecule has 0 atom stereocenters. The molecule has 0 aliphatic carbocycles. The summed E-state index contributed by atoms with van der Waals surface area (Å²) < 4.78 is 6.95. The number of nitrogens with zero attached hydrogens (tertiary/aromatic N) is 6. The van der Waals surface area contributed by atoms with Crippen LogP contribution in [0.3, 0.4) is 0 Å². The van der Waals surface area contributed by atoms with Gasteiger partial charge < -0.3 is 20.8 Å². The molecule has 6 rings (SSSR count). The summed E-state index contributed by atoms with van der Waals surface area (Å²) in [7, 11) is 0. The van der Waals surface area contributed by atoms with E-state index in [2.05, 4.69) is 27.2 Å². The summed E-state index contributed by atoms with van der Waals surface area (Å²) in [6.45, 7) is 3.05. The number of benzene rings is 1. The zero-order chi connectivity index (χ0) is 22.7. The Balaban J connectivity index is 1.51. The van der Waals surface area contributed by atoms with Crippen LogP contribution in [0.1, 0.15) is 27.4 Å². The maximum atomic E-state index is 12.0. The minimum absolute atomic E-state index is 0.137. The van der Waals surface area contributed by atoms with Gasteiger partial charge >= 0.3 is 0 Å². The van der Waals surface area contributed by atoms with E-state index in [9.17, 15) is 4.79 Å². The van der Waals surface area contributed by atoms with Gasteiger partial charge in [0, 0.05) is 35.7 Å². The smallest absolute Gasteiger partial charge is 0.292 e. The van der Waals surface area contributed by atoms with Crippen LogP contribution in [0.5, 0.6) is 0 Å². The summed E-state index contributed by atoms with van der Waals surface area (Å²) in [5, 5.41) is 5.43. The van der Waals surface area contributed by atoms with Crippen LogP contribution in [0.2, 0.25) is 0 Å². The van der Waals surface area contributed by atoms with Crippen LogP contribution in [0.25, 0.3) is 27.7 Å². The lowest BCUT2D eigenvalue weighted by Crippen LogP contribution is -2.32. The molecule has 10 heteroatoms. The molecule has 5 aromatic rings. The van der Waals surface area contributed by atoms with Gasteiger partial charge in [-0.25, -0.2) is 4.98 Å². The van der Waals surface area contributed by atoms with Gasteiger partial charge in [0.05, 0.1) is 23.8 Å². The summed E-state index contributed by atoms with van der Waals surface area (Å²) in [4.78, 5) is 27.6. The molecule has 5 heterocycles. The number of rotatable bonds is 3. The first-order valence-electron chi connectivity index (χ1n) is 10.5. The monoisotopic (exact) mass is 440 g/mol. The lowest BCUT2D eigenvalue weighted by Gasteiger charge is -2.27.